The normalized spacial score (nSPS) is 11.6. The van der Waals surface area contributed by atoms with E-state index in [4.69, 9.17) is 91.0 Å². The van der Waals surface area contributed by atoms with E-state index in [-0.39, 0.29) is 31.2 Å². The molecule has 112 valence electrons. The maximum Gasteiger partial charge on any atom is 0.358 e. The second-order valence-electron chi connectivity index (χ2n) is 3.45. The van der Waals surface area contributed by atoms with Gasteiger partial charge in [0.2, 0.25) is 0 Å². The number of aliphatic hydroxyl groups excluding tert-OH is 1. The summed E-state index contributed by atoms with van der Waals surface area (Å²) in [6.45, 7) is -0.846. The molecule has 0 saturated heterocycles. The molecule has 0 spiro atoms. The Kier molecular flexibility index (Phi) is 6.83. The molecule has 0 atom stereocenters. The van der Waals surface area contributed by atoms with E-state index in [2.05, 4.69) is 0 Å². The molecule has 20 heavy (non-hydrogen) atoms. The Morgan fingerprint density at radius 2 is 1.35 bits per heavy atom. The predicted octanol–water partition coefficient (Wildman–Crippen LogP) is 5.21. The van der Waals surface area contributed by atoms with E-state index in [0.29, 0.717) is 0 Å². The summed E-state index contributed by atoms with van der Waals surface area (Å²) in [6.07, 6.45) is 0. The molecule has 0 aliphatic rings. The van der Waals surface area contributed by atoms with Crippen molar-refractivity contribution >= 4 is 87.2 Å². The molecule has 0 aliphatic carbocycles. The molecular weight excluding hydrogens is 416 g/mol. The molecule has 0 bridgehead atoms. The van der Waals surface area contributed by atoms with E-state index in [0.717, 1.165) is 0 Å². The molecule has 0 saturated carbocycles. The molecule has 1 rings (SSSR count). The summed E-state index contributed by atoms with van der Waals surface area (Å²) < 4.78 is 2.53. The molecule has 10 heteroatoms. The van der Waals surface area contributed by atoms with E-state index in [1.54, 1.807) is 0 Å². The van der Waals surface area contributed by atoms with Gasteiger partial charge in [0.15, 0.2) is 0 Å². The first kappa shape index (κ1) is 18.7. The van der Waals surface area contributed by atoms with Gasteiger partial charge in [-0.3, -0.25) is 0 Å². The Hall–Kier alpha value is 0.680. The number of aliphatic hydroxyl groups is 1. The average Bonchev–Trinajstić information content (AvgIpc) is 2.35. The molecule has 1 aromatic rings. The summed E-state index contributed by atoms with van der Waals surface area (Å²) in [6, 6.07) is 0. The van der Waals surface area contributed by atoms with Crippen LogP contribution in [0.5, 0.6) is 0 Å². The van der Waals surface area contributed by atoms with Crippen LogP contribution in [-0.2, 0) is 22.7 Å². The molecular formula is C10H5Cl7O3. The molecule has 0 aromatic heterocycles. The van der Waals surface area contributed by atoms with Crippen LogP contribution < -0.4 is 0 Å². The van der Waals surface area contributed by atoms with Crippen LogP contribution in [0.15, 0.2) is 0 Å². The van der Waals surface area contributed by atoms with Gasteiger partial charge in [-0.2, -0.15) is 0 Å². The Bertz CT molecular complexity index is 510. The van der Waals surface area contributed by atoms with Gasteiger partial charge in [0, 0.05) is 11.1 Å². The highest BCUT2D eigenvalue weighted by molar-refractivity contribution is 6.75. The zero-order chi connectivity index (χ0) is 15.7. The van der Waals surface area contributed by atoms with Crippen molar-refractivity contribution in [3.8, 4) is 0 Å². The number of halogens is 7. The molecule has 0 aliphatic heterocycles. The van der Waals surface area contributed by atoms with E-state index in [1.807, 2.05) is 0 Å². The van der Waals surface area contributed by atoms with Gasteiger partial charge in [0.05, 0.1) is 26.7 Å². The van der Waals surface area contributed by atoms with Crippen LogP contribution >= 0.6 is 81.2 Å². The highest BCUT2D eigenvalue weighted by atomic mass is 35.6. The lowest BCUT2D eigenvalue weighted by molar-refractivity contribution is -0.143. The standard InChI is InChI=1S/C10H5Cl7O3/c11-5-3(1-18)6(12)8(14)4(7(5)13)2-20-9(19)10(15,16)17/h18H,1-2H2. The number of rotatable bonds is 3. The van der Waals surface area contributed by atoms with Crippen LogP contribution in [0.1, 0.15) is 11.1 Å². The van der Waals surface area contributed by atoms with Crippen molar-refractivity contribution in [1.82, 2.24) is 0 Å². The van der Waals surface area contributed by atoms with Crippen LogP contribution in [0.4, 0.5) is 0 Å². The van der Waals surface area contributed by atoms with Crippen molar-refractivity contribution in [1.29, 1.82) is 0 Å². The van der Waals surface area contributed by atoms with Gasteiger partial charge >= 0.3 is 5.97 Å². The second kappa shape index (κ2) is 7.30. The van der Waals surface area contributed by atoms with Gasteiger partial charge in [-0.15, -0.1) is 0 Å². The average molecular weight is 421 g/mol. The molecule has 0 unspecified atom stereocenters. The highest BCUT2D eigenvalue weighted by Gasteiger charge is 2.33. The first-order valence-corrected chi connectivity index (χ1v) is 7.44. The van der Waals surface area contributed by atoms with Crippen LogP contribution in [0.3, 0.4) is 0 Å². The van der Waals surface area contributed by atoms with E-state index >= 15 is 0 Å². The van der Waals surface area contributed by atoms with Gasteiger partial charge < -0.3 is 9.84 Å². The van der Waals surface area contributed by atoms with Crippen LogP contribution in [-0.4, -0.2) is 14.9 Å². The minimum atomic E-state index is -2.22. The zero-order valence-corrected chi connectivity index (χ0v) is 14.6. The molecule has 0 amide bonds. The molecule has 0 radical (unpaired) electrons. The Morgan fingerprint density at radius 1 is 0.950 bits per heavy atom. The van der Waals surface area contributed by atoms with E-state index in [1.165, 1.54) is 0 Å². The molecule has 3 nitrogen and oxygen atoms in total. The summed E-state index contributed by atoms with van der Waals surface area (Å²) in [5.74, 6) is -1.10. The SMILES string of the molecule is O=C(OCc1c(Cl)c(Cl)c(CO)c(Cl)c1Cl)C(Cl)(Cl)Cl. The van der Waals surface area contributed by atoms with E-state index < -0.39 is 23.0 Å². The van der Waals surface area contributed by atoms with Crippen molar-refractivity contribution < 1.29 is 14.6 Å². The van der Waals surface area contributed by atoms with Crippen molar-refractivity contribution in [2.75, 3.05) is 0 Å². The minimum absolute atomic E-state index is 0.00324. The zero-order valence-electron chi connectivity index (χ0n) is 9.32. The van der Waals surface area contributed by atoms with Crippen molar-refractivity contribution in [2.45, 2.75) is 17.0 Å². The first-order valence-electron chi connectivity index (χ1n) is 4.79. The Morgan fingerprint density at radius 3 is 1.70 bits per heavy atom. The topological polar surface area (TPSA) is 46.5 Å². The third-order valence-corrected chi connectivity index (χ3v) is 4.51. The van der Waals surface area contributed by atoms with Crippen LogP contribution in [0.2, 0.25) is 20.1 Å². The summed E-state index contributed by atoms with van der Waals surface area (Å²) in [5.41, 5.74) is 0.308. The van der Waals surface area contributed by atoms with Crippen molar-refractivity contribution in [3.63, 3.8) is 0 Å². The maximum atomic E-state index is 11.3. The first-order chi connectivity index (χ1) is 9.11. The number of hydrogen-bond acceptors (Lipinski definition) is 3. The third kappa shape index (κ3) is 4.11. The Labute approximate surface area is 149 Å². The van der Waals surface area contributed by atoms with Crippen LogP contribution in [0, 0.1) is 0 Å². The summed E-state index contributed by atoms with van der Waals surface area (Å²) >= 11 is 39.8. The number of alkyl halides is 3. The second-order valence-corrected chi connectivity index (χ2v) is 7.24. The van der Waals surface area contributed by atoms with Gasteiger partial charge in [0.25, 0.3) is 3.79 Å². The number of hydrogen-bond donors (Lipinski definition) is 1. The quantitative estimate of drug-likeness (QED) is 0.414. The number of benzene rings is 1. The summed E-state index contributed by atoms with van der Waals surface area (Å²) in [7, 11) is 0. The van der Waals surface area contributed by atoms with E-state index in [9.17, 15) is 4.79 Å². The summed E-state index contributed by atoms with van der Waals surface area (Å²) in [4.78, 5) is 11.3. The smallest absolute Gasteiger partial charge is 0.358 e. The monoisotopic (exact) mass is 418 g/mol. The molecule has 1 aromatic carbocycles. The lowest BCUT2D eigenvalue weighted by Gasteiger charge is -2.16. The molecule has 0 fully saturated rings. The Balaban J connectivity index is 3.12. The molecule has 0 heterocycles. The van der Waals surface area contributed by atoms with Gasteiger partial charge in [0.1, 0.15) is 6.61 Å². The predicted molar refractivity (Wildman–Crippen MR) is 82.5 cm³/mol. The van der Waals surface area contributed by atoms with Crippen molar-refractivity contribution in [3.05, 3.63) is 31.2 Å². The number of carbonyl (C=O) groups is 1. The highest BCUT2D eigenvalue weighted by Crippen LogP contribution is 2.41. The molecule has 1 N–H and O–H groups in total. The maximum absolute atomic E-state index is 11.3. The van der Waals surface area contributed by atoms with Gasteiger partial charge in [-0.25, -0.2) is 4.79 Å². The fraction of sp³-hybridized carbons (Fsp3) is 0.300. The van der Waals surface area contributed by atoms with Gasteiger partial charge in [-0.05, 0) is 0 Å². The van der Waals surface area contributed by atoms with Gasteiger partial charge in [-0.1, -0.05) is 81.2 Å². The fourth-order valence-electron chi connectivity index (χ4n) is 1.21. The lowest BCUT2D eigenvalue weighted by atomic mass is 10.1. The fourth-order valence-corrected chi connectivity index (χ4v) is 2.53. The van der Waals surface area contributed by atoms with Crippen molar-refractivity contribution in [2.24, 2.45) is 0 Å². The number of carbonyl (C=O) groups excluding carboxylic acids is 1. The lowest BCUT2D eigenvalue weighted by Crippen LogP contribution is -2.21. The number of ether oxygens (including phenoxy) is 1. The number of esters is 1. The largest absolute Gasteiger partial charge is 0.458 e. The third-order valence-electron chi connectivity index (χ3n) is 2.18. The summed E-state index contributed by atoms with van der Waals surface area (Å²) in [5, 5.41) is 9.12. The minimum Gasteiger partial charge on any atom is -0.458 e. The van der Waals surface area contributed by atoms with Crippen LogP contribution in [0.25, 0.3) is 0 Å².